The summed E-state index contributed by atoms with van der Waals surface area (Å²) in [5.41, 5.74) is 5.79. The van der Waals surface area contributed by atoms with Crippen LogP contribution in [0, 0.1) is 6.92 Å². The second kappa shape index (κ2) is 8.31. The molecular weight excluding hydrogens is 352 g/mol. The third-order valence-electron chi connectivity index (χ3n) is 3.73. The second-order valence-corrected chi connectivity index (χ2v) is 5.96. The van der Waals surface area contributed by atoms with Crippen LogP contribution in [0.4, 0.5) is 5.69 Å². The van der Waals surface area contributed by atoms with E-state index in [4.69, 9.17) is 16.3 Å². The SMILES string of the molecule is Cc1ccccc1COc1ccc(/C=N/Nc2cn[nH]c(=O)c2Cl)cc1. The number of hydrogen-bond donors (Lipinski definition) is 2. The number of aromatic amines is 1. The van der Waals surface area contributed by atoms with E-state index in [2.05, 4.69) is 39.8 Å². The molecule has 0 aliphatic heterocycles. The minimum absolute atomic E-state index is 0.0112. The molecule has 0 spiro atoms. The lowest BCUT2D eigenvalue weighted by Crippen LogP contribution is -2.10. The van der Waals surface area contributed by atoms with Crippen molar-refractivity contribution in [2.75, 3.05) is 5.43 Å². The summed E-state index contributed by atoms with van der Waals surface area (Å²) in [6.07, 6.45) is 3.01. The number of halogens is 1. The quantitative estimate of drug-likeness (QED) is 0.513. The Morgan fingerprint density at radius 3 is 2.77 bits per heavy atom. The molecule has 2 N–H and O–H groups in total. The molecule has 0 fully saturated rings. The van der Waals surface area contributed by atoms with Gasteiger partial charge in [0.25, 0.3) is 5.56 Å². The van der Waals surface area contributed by atoms with Gasteiger partial charge in [0, 0.05) is 0 Å². The van der Waals surface area contributed by atoms with E-state index in [1.807, 2.05) is 36.4 Å². The van der Waals surface area contributed by atoms with Crippen molar-refractivity contribution in [1.82, 2.24) is 10.2 Å². The van der Waals surface area contributed by atoms with Gasteiger partial charge in [-0.3, -0.25) is 10.2 Å². The van der Waals surface area contributed by atoms with Crippen molar-refractivity contribution >= 4 is 23.5 Å². The van der Waals surface area contributed by atoms with E-state index in [9.17, 15) is 4.79 Å². The Bertz CT molecular complexity index is 968. The highest BCUT2D eigenvalue weighted by atomic mass is 35.5. The second-order valence-electron chi connectivity index (χ2n) is 5.58. The molecule has 1 aromatic heterocycles. The summed E-state index contributed by atoms with van der Waals surface area (Å²) in [6, 6.07) is 15.6. The van der Waals surface area contributed by atoms with Gasteiger partial charge in [0.2, 0.25) is 0 Å². The highest BCUT2D eigenvalue weighted by Crippen LogP contribution is 2.16. The number of nitrogens with zero attached hydrogens (tertiary/aromatic N) is 2. The maximum absolute atomic E-state index is 11.3. The molecule has 132 valence electrons. The zero-order valence-corrected chi connectivity index (χ0v) is 14.8. The third kappa shape index (κ3) is 4.49. The van der Waals surface area contributed by atoms with Crippen LogP contribution in [0.3, 0.4) is 0 Å². The molecule has 0 unspecified atom stereocenters. The molecule has 3 rings (SSSR count). The highest BCUT2D eigenvalue weighted by Gasteiger charge is 2.03. The lowest BCUT2D eigenvalue weighted by molar-refractivity contribution is 0.305. The van der Waals surface area contributed by atoms with Crippen LogP contribution >= 0.6 is 11.6 Å². The maximum atomic E-state index is 11.3. The number of benzene rings is 2. The molecule has 2 aromatic carbocycles. The van der Waals surface area contributed by atoms with Crippen LogP contribution in [0.25, 0.3) is 0 Å². The van der Waals surface area contributed by atoms with Gasteiger partial charge >= 0.3 is 0 Å². The predicted molar refractivity (Wildman–Crippen MR) is 103 cm³/mol. The van der Waals surface area contributed by atoms with Crippen molar-refractivity contribution in [3.63, 3.8) is 0 Å². The Balaban J connectivity index is 1.58. The van der Waals surface area contributed by atoms with E-state index in [1.54, 1.807) is 6.21 Å². The van der Waals surface area contributed by atoms with Gasteiger partial charge in [-0.15, -0.1) is 0 Å². The Hall–Kier alpha value is -3.12. The average molecular weight is 369 g/mol. The zero-order valence-electron chi connectivity index (χ0n) is 14.1. The number of H-pyrrole nitrogens is 1. The molecule has 7 heteroatoms. The van der Waals surface area contributed by atoms with Crippen LogP contribution in [-0.4, -0.2) is 16.4 Å². The third-order valence-corrected chi connectivity index (χ3v) is 4.11. The Morgan fingerprint density at radius 1 is 1.23 bits per heavy atom. The lowest BCUT2D eigenvalue weighted by Gasteiger charge is -2.08. The lowest BCUT2D eigenvalue weighted by atomic mass is 10.1. The number of anilines is 1. The summed E-state index contributed by atoms with van der Waals surface area (Å²) >= 11 is 5.86. The molecule has 0 saturated heterocycles. The first-order valence-electron chi connectivity index (χ1n) is 7.93. The van der Waals surface area contributed by atoms with Gasteiger partial charge in [-0.25, -0.2) is 5.10 Å². The van der Waals surface area contributed by atoms with Crippen molar-refractivity contribution < 1.29 is 4.74 Å². The van der Waals surface area contributed by atoms with Gasteiger partial charge < -0.3 is 4.74 Å². The molecule has 0 saturated carbocycles. The molecular formula is C19H17ClN4O2. The van der Waals surface area contributed by atoms with Crippen LogP contribution in [-0.2, 0) is 6.61 Å². The average Bonchev–Trinajstić information content (AvgIpc) is 2.65. The fraction of sp³-hybridized carbons (Fsp3) is 0.105. The summed E-state index contributed by atoms with van der Waals surface area (Å²) in [7, 11) is 0. The van der Waals surface area contributed by atoms with Gasteiger partial charge in [0.05, 0.1) is 12.4 Å². The molecule has 3 aromatic rings. The van der Waals surface area contributed by atoms with Crippen LogP contribution in [0.1, 0.15) is 16.7 Å². The van der Waals surface area contributed by atoms with Crippen LogP contribution in [0.15, 0.2) is 64.6 Å². The van der Waals surface area contributed by atoms with Gasteiger partial charge in [0.1, 0.15) is 23.1 Å². The molecule has 0 aliphatic rings. The Labute approximate surface area is 155 Å². The monoisotopic (exact) mass is 368 g/mol. The highest BCUT2D eigenvalue weighted by molar-refractivity contribution is 6.32. The molecule has 26 heavy (non-hydrogen) atoms. The zero-order chi connectivity index (χ0) is 18.4. The number of aromatic nitrogens is 2. The molecule has 0 aliphatic carbocycles. The smallest absolute Gasteiger partial charge is 0.285 e. The Morgan fingerprint density at radius 2 is 2.00 bits per heavy atom. The molecule has 0 radical (unpaired) electrons. The summed E-state index contributed by atoms with van der Waals surface area (Å²) in [4.78, 5) is 11.3. The fourth-order valence-corrected chi connectivity index (χ4v) is 2.35. The first kappa shape index (κ1) is 17.7. The van der Waals surface area contributed by atoms with Crippen molar-refractivity contribution in [3.8, 4) is 5.75 Å². The first-order valence-corrected chi connectivity index (χ1v) is 8.31. The van der Waals surface area contributed by atoms with Crippen LogP contribution < -0.4 is 15.7 Å². The first-order chi connectivity index (χ1) is 12.6. The summed E-state index contributed by atoms with van der Waals surface area (Å²) in [5, 5.41) is 9.96. The van der Waals surface area contributed by atoms with Crippen LogP contribution in [0.5, 0.6) is 5.75 Å². The number of hydrazone groups is 1. The van der Waals surface area contributed by atoms with Gasteiger partial charge in [-0.1, -0.05) is 35.9 Å². The fourth-order valence-electron chi connectivity index (χ4n) is 2.22. The van der Waals surface area contributed by atoms with Crippen molar-refractivity contribution in [2.45, 2.75) is 13.5 Å². The van der Waals surface area contributed by atoms with Gasteiger partial charge in [0.15, 0.2) is 0 Å². The van der Waals surface area contributed by atoms with Gasteiger partial charge in [-0.2, -0.15) is 10.2 Å². The van der Waals surface area contributed by atoms with Crippen molar-refractivity contribution in [1.29, 1.82) is 0 Å². The number of ether oxygens (including phenoxy) is 1. The topological polar surface area (TPSA) is 79.4 Å². The standard InChI is InChI=1S/C19H17ClN4O2/c1-13-4-2-3-5-15(13)12-26-16-8-6-14(7-9-16)10-21-23-17-11-22-24-19(25)18(17)20/h2-11H,12H2,1H3,(H2,23,24,25)/b21-10+. The minimum atomic E-state index is -0.470. The molecule has 1 heterocycles. The number of nitrogens with one attached hydrogen (secondary N) is 2. The van der Waals surface area contributed by atoms with Crippen molar-refractivity contribution in [2.24, 2.45) is 5.10 Å². The van der Waals surface area contributed by atoms with E-state index in [0.717, 1.165) is 16.9 Å². The maximum Gasteiger partial charge on any atom is 0.285 e. The number of hydrogen-bond acceptors (Lipinski definition) is 5. The number of aryl methyl sites for hydroxylation is 1. The summed E-state index contributed by atoms with van der Waals surface area (Å²) in [5.74, 6) is 0.778. The Kier molecular flexibility index (Phi) is 5.66. The van der Waals surface area contributed by atoms with Crippen molar-refractivity contribution in [3.05, 3.63) is 86.8 Å². The van der Waals surface area contributed by atoms with Gasteiger partial charge in [-0.05, 0) is 47.9 Å². The molecule has 0 amide bonds. The number of rotatable bonds is 6. The summed E-state index contributed by atoms with van der Waals surface area (Å²) < 4.78 is 5.81. The normalized spacial score (nSPS) is 10.8. The van der Waals surface area contributed by atoms with E-state index < -0.39 is 5.56 Å². The van der Waals surface area contributed by atoms with E-state index in [0.29, 0.717) is 12.3 Å². The molecule has 0 atom stereocenters. The molecule has 0 bridgehead atoms. The van der Waals surface area contributed by atoms with E-state index in [1.165, 1.54) is 11.8 Å². The summed E-state index contributed by atoms with van der Waals surface area (Å²) in [6.45, 7) is 2.59. The predicted octanol–water partition coefficient (Wildman–Crippen LogP) is 3.76. The van der Waals surface area contributed by atoms with Crippen LogP contribution in [0.2, 0.25) is 5.02 Å². The molecule has 6 nitrogen and oxygen atoms in total. The van der Waals surface area contributed by atoms with E-state index in [-0.39, 0.29) is 5.02 Å². The minimum Gasteiger partial charge on any atom is -0.489 e. The van der Waals surface area contributed by atoms with E-state index >= 15 is 0 Å². The largest absolute Gasteiger partial charge is 0.489 e.